The lowest BCUT2D eigenvalue weighted by atomic mass is 10.1. The first-order valence-corrected chi connectivity index (χ1v) is 10.6. The smallest absolute Gasteiger partial charge is 0.277 e. The van der Waals surface area contributed by atoms with Crippen molar-refractivity contribution in [2.75, 3.05) is 11.1 Å². The van der Waals surface area contributed by atoms with E-state index in [9.17, 15) is 4.79 Å². The monoisotopic (exact) mass is 427 g/mol. The fraction of sp³-hybridized carbons (Fsp3) is 0.211. The fourth-order valence-corrected chi connectivity index (χ4v) is 3.70. The second-order valence-corrected chi connectivity index (χ2v) is 8.26. The lowest BCUT2D eigenvalue weighted by Gasteiger charge is -1.98. The number of anilines is 1. The molecule has 3 heterocycles. The molecule has 1 aromatic carbocycles. The molecule has 0 bridgehead atoms. The molecular weight excluding hydrogens is 410 g/mol. The van der Waals surface area contributed by atoms with Crippen molar-refractivity contribution in [1.82, 2.24) is 20.3 Å². The van der Waals surface area contributed by atoms with Gasteiger partial charge in [-0.05, 0) is 13.8 Å². The molecule has 8 nitrogen and oxygen atoms in total. The Morgan fingerprint density at radius 2 is 2.03 bits per heavy atom. The molecule has 10 heteroatoms. The van der Waals surface area contributed by atoms with Gasteiger partial charge in [0.05, 0.1) is 22.9 Å². The van der Waals surface area contributed by atoms with E-state index in [0.717, 1.165) is 33.6 Å². The normalized spacial score (nSPS) is 11.0. The summed E-state index contributed by atoms with van der Waals surface area (Å²) in [6.07, 6.45) is 0.476. The van der Waals surface area contributed by atoms with Crippen molar-refractivity contribution in [3.63, 3.8) is 0 Å². The number of carbonyl (C=O) groups is 1. The molecule has 0 unspecified atom stereocenters. The molecule has 29 heavy (non-hydrogen) atoms. The van der Waals surface area contributed by atoms with E-state index in [0.29, 0.717) is 23.2 Å². The molecular formula is C19H17N5O3S2. The summed E-state index contributed by atoms with van der Waals surface area (Å²) in [7, 11) is 0. The standard InChI is InChI=1S/C19H17N5O3S2/c1-11-3-5-13(6-4-11)15-8-17(27-24-15)21-16(25)10-29-19-23-22-18(26-19)7-14-9-28-12(2)20-14/h3-6,8-9H,7,10H2,1-2H3,(H,21,25). The summed E-state index contributed by atoms with van der Waals surface area (Å²) >= 11 is 2.73. The molecule has 0 saturated heterocycles. The maximum absolute atomic E-state index is 12.2. The number of thiazole rings is 1. The average molecular weight is 428 g/mol. The Morgan fingerprint density at radius 1 is 1.21 bits per heavy atom. The van der Waals surface area contributed by atoms with Crippen molar-refractivity contribution in [2.24, 2.45) is 0 Å². The van der Waals surface area contributed by atoms with Crippen LogP contribution in [0.4, 0.5) is 5.88 Å². The third kappa shape index (κ3) is 5.09. The number of hydrogen-bond acceptors (Lipinski definition) is 9. The van der Waals surface area contributed by atoms with Crippen LogP contribution in [0, 0.1) is 13.8 Å². The van der Waals surface area contributed by atoms with E-state index in [-0.39, 0.29) is 17.5 Å². The summed E-state index contributed by atoms with van der Waals surface area (Å²) in [6.45, 7) is 3.96. The minimum atomic E-state index is -0.253. The van der Waals surface area contributed by atoms with Crippen LogP contribution in [0.25, 0.3) is 11.3 Å². The van der Waals surface area contributed by atoms with Gasteiger partial charge in [0.2, 0.25) is 17.7 Å². The van der Waals surface area contributed by atoms with Crippen LogP contribution in [0.2, 0.25) is 0 Å². The van der Waals surface area contributed by atoms with Gasteiger partial charge in [-0.15, -0.1) is 21.5 Å². The van der Waals surface area contributed by atoms with Gasteiger partial charge in [0.25, 0.3) is 5.22 Å². The topological polar surface area (TPSA) is 107 Å². The summed E-state index contributed by atoms with van der Waals surface area (Å²) in [6, 6.07) is 9.58. The maximum atomic E-state index is 12.2. The van der Waals surface area contributed by atoms with Gasteiger partial charge in [-0.25, -0.2) is 4.98 Å². The molecule has 0 aliphatic rings. The Kier molecular flexibility index (Phi) is 5.72. The number of aryl methyl sites for hydroxylation is 2. The highest BCUT2D eigenvalue weighted by Gasteiger charge is 2.13. The first-order chi connectivity index (χ1) is 14.0. The van der Waals surface area contributed by atoms with E-state index < -0.39 is 0 Å². The predicted octanol–water partition coefficient (Wildman–Crippen LogP) is 4.12. The van der Waals surface area contributed by atoms with Crippen LogP contribution in [0.3, 0.4) is 0 Å². The zero-order valence-corrected chi connectivity index (χ0v) is 17.3. The lowest BCUT2D eigenvalue weighted by molar-refractivity contribution is -0.113. The lowest BCUT2D eigenvalue weighted by Crippen LogP contribution is -2.13. The second kappa shape index (κ2) is 8.58. The van der Waals surface area contributed by atoms with E-state index in [2.05, 4.69) is 25.7 Å². The molecule has 0 atom stereocenters. The zero-order valence-electron chi connectivity index (χ0n) is 15.7. The number of amides is 1. The molecule has 0 spiro atoms. The van der Waals surface area contributed by atoms with E-state index >= 15 is 0 Å². The summed E-state index contributed by atoms with van der Waals surface area (Å²) < 4.78 is 10.8. The Hall–Kier alpha value is -2.98. The first kappa shape index (κ1) is 19.3. The molecule has 0 aliphatic heterocycles. The van der Waals surface area contributed by atoms with Crippen LogP contribution in [0.15, 0.2) is 49.9 Å². The number of hydrogen-bond donors (Lipinski definition) is 1. The number of thioether (sulfide) groups is 1. The van der Waals surface area contributed by atoms with Gasteiger partial charge < -0.3 is 8.94 Å². The van der Waals surface area contributed by atoms with Crippen molar-refractivity contribution in [2.45, 2.75) is 25.5 Å². The van der Waals surface area contributed by atoms with Gasteiger partial charge in [-0.1, -0.05) is 46.7 Å². The predicted molar refractivity (Wildman–Crippen MR) is 110 cm³/mol. The van der Waals surface area contributed by atoms with Crippen LogP contribution >= 0.6 is 23.1 Å². The Labute approximate surface area is 174 Å². The van der Waals surface area contributed by atoms with Crippen LogP contribution in [0.1, 0.15) is 22.2 Å². The van der Waals surface area contributed by atoms with E-state index in [1.54, 1.807) is 17.4 Å². The summed E-state index contributed by atoms with van der Waals surface area (Å²) in [4.78, 5) is 16.5. The van der Waals surface area contributed by atoms with Crippen molar-refractivity contribution in [3.8, 4) is 11.3 Å². The number of aromatic nitrogens is 4. The zero-order chi connectivity index (χ0) is 20.2. The Bertz CT molecular complexity index is 1120. The molecule has 1 N–H and O–H groups in total. The highest BCUT2D eigenvalue weighted by Crippen LogP contribution is 2.23. The van der Waals surface area contributed by atoms with Gasteiger partial charge in [0.1, 0.15) is 5.69 Å². The molecule has 0 fully saturated rings. The van der Waals surface area contributed by atoms with Crippen molar-refractivity contribution in [3.05, 3.63) is 57.9 Å². The maximum Gasteiger partial charge on any atom is 0.277 e. The quantitative estimate of drug-likeness (QED) is 0.439. The van der Waals surface area contributed by atoms with Crippen molar-refractivity contribution in [1.29, 1.82) is 0 Å². The largest absolute Gasteiger partial charge is 0.416 e. The van der Waals surface area contributed by atoms with Gasteiger partial charge in [0.15, 0.2) is 0 Å². The van der Waals surface area contributed by atoms with Crippen LogP contribution < -0.4 is 5.32 Å². The minimum Gasteiger partial charge on any atom is -0.416 e. The third-order valence-corrected chi connectivity index (χ3v) is 5.53. The van der Waals surface area contributed by atoms with Gasteiger partial charge in [-0.2, -0.15) is 0 Å². The van der Waals surface area contributed by atoms with Crippen molar-refractivity contribution < 1.29 is 13.7 Å². The average Bonchev–Trinajstić information content (AvgIpc) is 3.43. The fourth-order valence-electron chi connectivity index (χ4n) is 2.51. The number of benzene rings is 1. The number of nitrogens with zero attached hydrogens (tertiary/aromatic N) is 4. The van der Waals surface area contributed by atoms with Crippen LogP contribution in [0.5, 0.6) is 0 Å². The van der Waals surface area contributed by atoms with Gasteiger partial charge >= 0.3 is 0 Å². The van der Waals surface area contributed by atoms with E-state index in [1.165, 1.54) is 0 Å². The molecule has 148 valence electrons. The molecule has 4 rings (SSSR count). The highest BCUT2D eigenvalue weighted by atomic mass is 32.2. The van der Waals surface area contributed by atoms with Gasteiger partial charge in [-0.3, -0.25) is 10.1 Å². The molecule has 1 amide bonds. The molecule has 0 aliphatic carbocycles. The second-order valence-electron chi connectivity index (χ2n) is 6.28. The highest BCUT2D eigenvalue weighted by molar-refractivity contribution is 7.99. The van der Waals surface area contributed by atoms with Crippen LogP contribution in [-0.4, -0.2) is 32.0 Å². The Balaban J connectivity index is 1.29. The number of carbonyl (C=O) groups excluding carboxylic acids is 1. The molecule has 0 saturated carbocycles. The van der Waals surface area contributed by atoms with Gasteiger partial charge in [0, 0.05) is 17.0 Å². The summed E-state index contributed by atoms with van der Waals surface area (Å²) in [5, 5.41) is 17.9. The summed E-state index contributed by atoms with van der Waals surface area (Å²) in [5.41, 5.74) is 3.63. The van der Waals surface area contributed by atoms with E-state index in [4.69, 9.17) is 8.94 Å². The molecule has 3 aromatic heterocycles. The number of nitrogens with one attached hydrogen (secondary N) is 1. The Morgan fingerprint density at radius 3 is 2.79 bits per heavy atom. The summed E-state index contributed by atoms with van der Waals surface area (Å²) in [5.74, 6) is 0.613. The first-order valence-electron chi connectivity index (χ1n) is 8.75. The van der Waals surface area contributed by atoms with Crippen LogP contribution in [-0.2, 0) is 11.2 Å². The third-order valence-electron chi connectivity index (χ3n) is 3.89. The minimum absolute atomic E-state index is 0.109. The van der Waals surface area contributed by atoms with E-state index in [1.807, 2.05) is 43.5 Å². The van der Waals surface area contributed by atoms with Crippen molar-refractivity contribution >= 4 is 34.9 Å². The molecule has 0 radical (unpaired) electrons. The SMILES string of the molecule is Cc1ccc(-c2cc(NC(=O)CSc3nnc(Cc4csc(C)n4)o3)on2)cc1. The number of rotatable bonds is 7. The molecule has 4 aromatic rings.